The Bertz CT molecular complexity index is 1290. The molecule has 0 saturated heterocycles. The summed E-state index contributed by atoms with van der Waals surface area (Å²) in [5.41, 5.74) is 3.40. The van der Waals surface area contributed by atoms with Gasteiger partial charge >= 0.3 is 0 Å². The van der Waals surface area contributed by atoms with Crippen molar-refractivity contribution in [2.75, 3.05) is 66.3 Å². The Labute approximate surface area is 245 Å². The number of nitrogens with one attached hydrogen (secondary N) is 3. The van der Waals surface area contributed by atoms with Crippen LogP contribution in [0.25, 0.3) is 0 Å². The van der Waals surface area contributed by atoms with Crippen molar-refractivity contribution in [2.45, 2.75) is 12.8 Å². The largest absolute Gasteiger partial charge is 0.369 e. The molecule has 3 aromatic rings. The molecule has 9 nitrogen and oxygen atoms in total. The van der Waals surface area contributed by atoms with E-state index in [2.05, 4.69) is 20.9 Å². The van der Waals surface area contributed by atoms with Gasteiger partial charge in [-0.25, -0.2) is 0 Å². The third kappa shape index (κ3) is 9.29. The zero-order valence-electron chi connectivity index (χ0n) is 23.0. The van der Waals surface area contributed by atoms with Crippen LogP contribution in [0.4, 0.5) is 22.7 Å². The Morgan fingerprint density at radius 1 is 0.800 bits per heavy atom. The van der Waals surface area contributed by atoms with E-state index in [1.54, 1.807) is 48.1 Å². The molecule has 3 rings (SSSR count). The molecule has 2 aromatic carbocycles. The van der Waals surface area contributed by atoms with Crippen LogP contribution < -0.4 is 20.9 Å². The van der Waals surface area contributed by atoms with Crippen molar-refractivity contribution >= 4 is 63.7 Å². The van der Waals surface area contributed by atoms with Crippen molar-refractivity contribution in [3.8, 4) is 0 Å². The van der Waals surface area contributed by atoms with E-state index in [9.17, 15) is 14.4 Å². The predicted octanol–water partition coefficient (Wildman–Crippen LogP) is 5.09. The summed E-state index contributed by atoms with van der Waals surface area (Å²) in [6.07, 6.45) is 2.81. The van der Waals surface area contributed by atoms with Crippen LogP contribution in [0.2, 0.25) is 0 Å². The number of halogens is 2. The number of rotatable bonds is 14. The first-order chi connectivity index (χ1) is 19.2. The maximum Gasteiger partial charge on any atom is 0.272 e. The zero-order chi connectivity index (χ0) is 29.1. The highest BCUT2D eigenvalue weighted by Crippen LogP contribution is 2.21. The zero-order valence-corrected chi connectivity index (χ0v) is 24.6. The summed E-state index contributed by atoms with van der Waals surface area (Å²) in [6, 6.07) is 15.8. The van der Waals surface area contributed by atoms with Crippen molar-refractivity contribution in [1.29, 1.82) is 0 Å². The quantitative estimate of drug-likeness (QED) is 0.228. The van der Waals surface area contributed by atoms with Gasteiger partial charge in [-0.3, -0.25) is 14.4 Å². The van der Waals surface area contributed by atoms with Crippen LogP contribution >= 0.6 is 23.2 Å². The SMILES string of the molecule is CN(C)CCCC(=O)Nc1cccc(C(=O)Nc2cc(C(=O)Nc3ccc(N(CCCl)CCCl)cc3)n(C)c2)c1. The van der Waals surface area contributed by atoms with Crippen molar-refractivity contribution in [3.05, 3.63) is 72.1 Å². The Balaban J connectivity index is 1.60. The molecule has 0 aliphatic carbocycles. The van der Waals surface area contributed by atoms with Crippen molar-refractivity contribution in [1.82, 2.24) is 9.47 Å². The minimum atomic E-state index is -0.352. The fourth-order valence-corrected chi connectivity index (χ4v) is 4.51. The first-order valence-electron chi connectivity index (χ1n) is 13.0. The predicted molar refractivity (Wildman–Crippen MR) is 164 cm³/mol. The molecular weight excluding hydrogens is 551 g/mol. The Hall–Kier alpha value is -3.53. The molecule has 40 heavy (non-hydrogen) atoms. The van der Waals surface area contributed by atoms with Crippen LogP contribution in [-0.4, -0.2) is 72.7 Å². The molecule has 0 fully saturated rings. The van der Waals surface area contributed by atoms with Crippen LogP contribution in [0.3, 0.4) is 0 Å². The van der Waals surface area contributed by atoms with Crippen LogP contribution in [0.1, 0.15) is 33.7 Å². The fourth-order valence-electron chi connectivity index (χ4n) is 4.10. The molecule has 11 heteroatoms. The lowest BCUT2D eigenvalue weighted by atomic mass is 10.1. The van der Waals surface area contributed by atoms with E-state index in [0.29, 0.717) is 59.6 Å². The van der Waals surface area contributed by atoms with E-state index >= 15 is 0 Å². The molecule has 0 atom stereocenters. The second kappa shape index (κ2) is 15.3. The topological polar surface area (TPSA) is 98.7 Å². The molecule has 3 amide bonds. The maximum atomic E-state index is 13.0. The van der Waals surface area contributed by atoms with E-state index in [1.807, 2.05) is 43.3 Å². The summed E-state index contributed by atoms with van der Waals surface area (Å²) >= 11 is 11.8. The van der Waals surface area contributed by atoms with Crippen molar-refractivity contribution < 1.29 is 14.4 Å². The number of aromatic nitrogens is 1. The van der Waals surface area contributed by atoms with E-state index in [4.69, 9.17) is 23.2 Å². The molecule has 0 radical (unpaired) electrons. The molecule has 0 aliphatic heterocycles. The number of aryl methyl sites for hydroxylation is 1. The van der Waals surface area contributed by atoms with E-state index in [1.165, 1.54) is 0 Å². The molecule has 0 bridgehead atoms. The minimum absolute atomic E-state index is 0.101. The van der Waals surface area contributed by atoms with E-state index < -0.39 is 0 Å². The van der Waals surface area contributed by atoms with Gasteiger partial charge in [0.25, 0.3) is 11.8 Å². The molecule has 0 unspecified atom stereocenters. The van der Waals surface area contributed by atoms with Crippen LogP contribution in [0, 0.1) is 0 Å². The van der Waals surface area contributed by atoms with Crippen LogP contribution in [-0.2, 0) is 11.8 Å². The number of carbonyl (C=O) groups is 3. The molecule has 1 aromatic heterocycles. The van der Waals surface area contributed by atoms with Crippen molar-refractivity contribution in [3.63, 3.8) is 0 Å². The number of anilines is 4. The first kappa shape index (κ1) is 31.0. The molecule has 0 spiro atoms. The van der Waals surface area contributed by atoms with Gasteiger partial charge in [-0.1, -0.05) is 6.07 Å². The van der Waals surface area contributed by atoms with Gasteiger partial charge in [-0.05, 0) is 75.6 Å². The first-order valence-corrected chi connectivity index (χ1v) is 14.1. The molecule has 3 N–H and O–H groups in total. The molecule has 214 valence electrons. The molecular formula is C29H36Cl2N6O3. The highest BCUT2D eigenvalue weighted by molar-refractivity contribution is 6.18. The monoisotopic (exact) mass is 586 g/mol. The van der Waals surface area contributed by atoms with Gasteiger partial charge in [0, 0.05) is 67.1 Å². The summed E-state index contributed by atoms with van der Waals surface area (Å²) in [7, 11) is 5.66. The van der Waals surface area contributed by atoms with Crippen molar-refractivity contribution in [2.24, 2.45) is 7.05 Å². The summed E-state index contributed by atoms with van der Waals surface area (Å²) in [6.45, 7) is 2.17. The highest BCUT2D eigenvalue weighted by Gasteiger charge is 2.15. The van der Waals surface area contributed by atoms with Gasteiger partial charge in [-0.15, -0.1) is 23.2 Å². The number of carbonyl (C=O) groups excluding carboxylic acids is 3. The summed E-state index contributed by atoms with van der Waals surface area (Å²) < 4.78 is 1.65. The average molecular weight is 588 g/mol. The van der Waals surface area contributed by atoms with Gasteiger partial charge in [-0.2, -0.15) is 0 Å². The van der Waals surface area contributed by atoms with Gasteiger partial charge in [0.05, 0.1) is 5.69 Å². The fraction of sp³-hybridized carbons (Fsp3) is 0.345. The standard InChI is InChI=1S/C29H36Cl2N6O3/c1-35(2)15-5-8-27(38)32-23-7-4-6-21(18-23)28(39)34-24-19-26(36(3)20-24)29(40)33-22-9-11-25(12-10-22)37(16-13-30)17-14-31/h4,6-7,9-12,18-20H,5,8,13-17H2,1-3H3,(H,32,38)(H,33,40)(H,34,39). The Morgan fingerprint density at radius 3 is 2.12 bits per heavy atom. The van der Waals surface area contributed by atoms with E-state index in [0.717, 1.165) is 18.7 Å². The minimum Gasteiger partial charge on any atom is -0.369 e. The number of hydrogen-bond donors (Lipinski definition) is 3. The third-order valence-corrected chi connectivity index (χ3v) is 6.45. The number of alkyl halides is 2. The lowest BCUT2D eigenvalue weighted by Gasteiger charge is -2.23. The highest BCUT2D eigenvalue weighted by atomic mass is 35.5. The Kier molecular flexibility index (Phi) is 11.9. The Morgan fingerprint density at radius 2 is 1.48 bits per heavy atom. The number of amides is 3. The third-order valence-electron chi connectivity index (χ3n) is 6.11. The second-order valence-corrected chi connectivity index (χ2v) is 10.3. The molecule has 0 aliphatic rings. The maximum absolute atomic E-state index is 13.0. The van der Waals surface area contributed by atoms with Gasteiger partial charge in [0.15, 0.2) is 0 Å². The smallest absolute Gasteiger partial charge is 0.272 e. The van der Waals surface area contributed by atoms with Crippen LogP contribution in [0.5, 0.6) is 0 Å². The summed E-state index contributed by atoms with van der Waals surface area (Å²) in [5, 5.41) is 8.55. The van der Waals surface area contributed by atoms with Gasteiger partial charge < -0.3 is 30.3 Å². The van der Waals surface area contributed by atoms with E-state index in [-0.39, 0.29) is 17.7 Å². The summed E-state index contributed by atoms with van der Waals surface area (Å²) in [5.74, 6) is 0.209. The number of benzene rings is 2. The average Bonchev–Trinajstić information content (AvgIpc) is 3.28. The lowest BCUT2D eigenvalue weighted by molar-refractivity contribution is -0.116. The lowest BCUT2D eigenvalue weighted by Crippen LogP contribution is -2.27. The molecule has 1 heterocycles. The summed E-state index contributed by atoms with van der Waals surface area (Å²) in [4.78, 5) is 42.2. The second-order valence-electron chi connectivity index (χ2n) is 9.58. The van der Waals surface area contributed by atoms with Crippen LogP contribution in [0.15, 0.2) is 60.8 Å². The molecule has 0 saturated carbocycles. The number of hydrogen-bond acceptors (Lipinski definition) is 5. The van der Waals surface area contributed by atoms with Gasteiger partial charge in [0.2, 0.25) is 5.91 Å². The number of nitrogens with zero attached hydrogens (tertiary/aromatic N) is 3. The normalized spacial score (nSPS) is 10.8. The van der Waals surface area contributed by atoms with Gasteiger partial charge in [0.1, 0.15) is 5.69 Å².